The number of aromatic nitrogens is 3. The highest BCUT2D eigenvalue weighted by Crippen LogP contribution is 2.30. The number of imide groups is 1. The molecule has 1 aromatic carbocycles. The van der Waals surface area contributed by atoms with E-state index in [-0.39, 0.29) is 92.6 Å². The molecular formula is C33H47N5O14S. The van der Waals surface area contributed by atoms with E-state index in [0.717, 1.165) is 6.26 Å². The van der Waals surface area contributed by atoms with Crippen molar-refractivity contribution in [3.05, 3.63) is 35.7 Å². The number of carboxylic acids is 1. The summed E-state index contributed by atoms with van der Waals surface area (Å²) in [7, 11) is -3.35. The summed E-state index contributed by atoms with van der Waals surface area (Å²) in [6.45, 7) is 7.46. The van der Waals surface area contributed by atoms with Gasteiger partial charge < -0.3 is 44.3 Å². The molecule has 3 heterocycles. The fourth-order valence-corrected chi connectivity index (χ4v) is 6.25. The van der Waals surface area contributed by atoms with Crippen molar-refractivity contribution in [2.75, 3.05) is 38.2 Å². The summed E-state index contributed by atoms with van der Waals surface area (Å²) in [5.74, 6) is -2.70. The maximum atomic E-state index is 13.0. The van der Waals surface area contributed by atoms with Crippen molar-refractivity contribution >= 4 is 33.7 Å². The Hall–Kier alpha value is -4.21. The van der Waals surface area contributed by atoms with Crippen LogP contribution in [-0.2, 0) is 51.6 Å². The number of aliphatic carboxylic acids is 1. The molecule has 0 bridgehead atoms. The van der Waals surface area contributed by atoms with Crippen LogP contribution in [0.1, 0.15) is 45.4 Å². The zero-order valence-corrected chi connectivity index (χ0v) is 30.9. The summed E-state index contributed by atoms with van der Waals surface area (Å²) in [5.41, 5.74) is 0.871. The van der Waals surface area contributed by atoms with Gasteiger partial charge in [-0.2, -0.15) is 0 Å². The number of ether oxygens (including phenoxy) is 4. The Kier molecular flexibility index (Phi) is 13.9. The zero-order valence-electron chi connectivity index (χ0n) is 30.1. The summed E-state index contributed by atoms with van der Waals surface area (Å²) in [4.78, 5) is 52.1. The van der Waals surface area contributed by atoms with Crippen LogP contribution in [0.25, 0.3) is 5.69 Å². The molecule has 0 aliphatic carbocycles. The van der Waals surface area contributed by atoms with Crippen LogP contribution in [0, 0.1) is 17.8 Å². The zero-order chi connectivity index (χ0) is 39.2. The normalized spacial score (nSPS) is 23.5. The maximum absolute atomic E-state index is 13.0. The Morgan fingerprint density at radius 3 is 2.42 bits per heavy atom. The van der Waals surface area contributed by atoms with Gasteiger partial charge in [0.1, 0.15) is 51.9 Å². The van der Waals surface area contributed by atoms with Gasteiger partial charge in [-0.3, -0.25) is 14.5 Å². The first-order valence-electron chi connectivity index (χ1n) is 17.0. The Morgan fingerprint density at radius 2 is 1.79 bits per heavy atom. The summed E-state index contributed by atoms with van der Waals surface area (Å²) in [5, 5.41) is 48.6. The van der Waals surface area contributed by atoms with Crippen molar-refractivity contribution in [1.82, 2.24) is 24.8 Å². The van der Waals surface area contributed by atoms with Gasteiger partial charge in [0.15, 0.2) is 6.10 Å². The summed E-state index contributed by atoms with van der Waals surface area (Å²) in [6, 6.07) is 4.38. The Balaban J connectivity index is 1.52. The van der Waals surface area contributed by atoms with Crippen LogP contribution in [-0.4, -0.2) is 146 Å². The lowest BCUT2D eigenvalue weighted by Crippen LogP contribution is -2.61. The Morgan fingerprint density at radius 1 is 1.08 bits per heavy atom. The smallest absolute Gasteiger partial charge is 0.410 e. The van der Waals surface area contributed by atoms with Gasteiger partial charge in [0.25, 0.3) is 0 Å². The summed E-state index contributed by atoms with van der Waals surface area (Å²) >= 11 is 0. The van der Waals surface area contributed by atoms with Crippen molar-refractivity contribution in [3.8, 4) is 11.4 Å². The van der Waals surface area contributed by atoms with Gasteiger partial charge in [0, 0.05) is 31.7 Å². The molecule has 3 amide bonds. The first kappa shape index (κ1) is 41.5. The molecule has 294 valence electrons. The molecule has 0 saturated carbocycles. The number of aliphatic hydroxyl groups is 3. The number of aliphatic hydroxyl groups excluding tert-OH is 3. The molecule has 0 spiro atoms. The number of hydrogen-bond acceptors (Lipinski definition) is 15. The fourth-order valence-electron chi connectivity index (χ4n) is 5.70. The molecule has 2 aromatic rings. The van der Waals surface area contributed by atoms with Gasteiger partial charge in [-0.15, -0.1) is 5.10 Å². The molecule has 20 heteroatoms. The quantitative estimate of drug-likeness (QED) is 0.119. The molecule has 4 N–H and O–H groups in total. The number of carbonyl (C=O) groups is 4. The average molecular weight is 770 g/mol. The second-order valence-corrected chi connectivity index (χ2v) is 16.1. The SMILES string of the molecule is CC(C)CN(CCS(C)(=O)=O)C(=O)OCc1ccc(O[C@@H]2O[C@H](C(=O)O)[C@@H](O)[C@H](O)[C@H]2O)c(-n2cc(COCCN3C(=O)CC(C(C)C)C3=O)nn2)c1. The largest absolute Gasteiger partial charge is 0.479 e. The van der Waals surface area contributed by atoms with Crippen LogP contribution in [0.5, 0.6) is 5.75 Å². The van der Waals surface area contributed by atoms with E-state index in [1.165, 1.54) is 38.9 Å². The van der Waals surface area contributed by atoms with Crippen LogP contribution < -0.4 is 4.74 Å². The highest BCUT2D eigenvalue weighted by atomic mass is 32.2. The molecular weight excluding hydrogens is 722 g/mol. The standard InChI is InChI=1S/C33H47N5O14S/c1-18(2)14-36(9-11-53(5,47)48)33(46)50-16-20-6-7-24(51-32-28(42)26(40)27(41)29(52-32)31(44)45)23(12-20)38-15-21(34-35-38)17-49-10-8-37-25(39)13-22(19(3)4)30(37)43/h6-7,12,15,18-19,22,26-29,32,40-42H,8-11,13-14,16-17H2,1-5H3,(H,44,45)/t22?,26-,27-,28+,29-,32+/m0/s1. The van der Waals surface area contributed by atoms with Crippen molar-refractivity contribution in [1.29, 1.82) is 0 Å². The minimum atomic E-state index is -3.35. The molecule has 1 unspecified atom stereocenters. The molecule has 2 aliphatic heterocycles. The van der Waals surface area contributed by atoms with Crippen molar-refractivity contribution in [2.24, 2.45) is 17.8 Å². The third-order valence-corrected chi connectivity index (χ3v) is 9.52. The molecule has 2 saturated heterocycles. The lowest BCUT2D eigenvalue weighted by molar-refractivity contribution is -0.271. The predicted octanol–water partition coefficient (Wildman–Crippen LogP) is -0.275. The van der Waals surface area contributed by atoms with Crippen molar-refractivity contribution in [3.63, 3.8) is 0 Å². The third-order valence-electron chi connectivity index (χ3n) is 8.60. The van der Waals surface area contributed by atoms with E-state index < -0.39 is 52.6 Å². The summed E-state index contributed by atoms with van der Waals surface area (Å²) < 4.78 is 47.0. The van der Waals surface area contributed by atoms with Gasteiger partial charge in [0.05, 0.1) is 31.7 Å². The van der Waals surface area contributed by atoms with Crippen molar-refractivity contribution < 1.29 is 67.0 Å². The lowest BCUT2D eigenvalue weighted by Gasteiger charge is -2.38. The van der Waals surface area contributed by atoms with Crippen molar-refractivity contribution in [2.45, 2.75) is 78.0 Å². The second-order valence-electron chi connectivity index (χ2n) is 13.8. The van der Waals surface area contributed by atoms with E-state index in [0.29, 0.717) is 11.3 Å². The predicted molar refractivity (Wildman–Crippen MR) is 182 cm³/mol. The topological polar surface area (TPSA) is 257 Å². The van der Waals surface area contributed by atoms with E-state index in [2.05, 4.69) is 10.3 Å². The number of rotatable bonds is 17. The molecule has 4 rings (SSSR count). The molecule has 53 heavy (non-hydrogen) atoms. The number of carboxylic acid groups (broad SMARTS) is 1. The highest BCUT2D eigenvalue weighted by molar-refractivity contribution is 7.90. The highest BCUT2D eigenvalue weighted by Gasteiger charge is 2.48. The van der Waals surface area contributed by atoms with Gasteiger partial charge in [-0.1, -0.05) is 39.0 Å². The second kappa shape index (κ2) is 17.7. The molecule has 2 fully saturated rings. The molecule has 6 atom stereocenters. The number of hydrogen-bond donors (Lipinski definition) is 4. The fraction of sp³-hybridized carbons (Fsp3) is 0.636. The third kappa shape index (κ3) is 10.9. The minimum absolute atomic E-state index is 0.0239. The number of carbonyl (C=O) groups excluding carboxylic acids is 3. The first-order valence-corrected chi connectivity index (χ1v) is 19.1. The summed E-state index contributed by atoms with van der Waals surface area (Å²) in [6.07, 6.45) is -7.46. The Bertz CT molecular complexity index is 1730. The van der Waals surface area contributed by atoms with E-state index in [1.54, 1.807) is 0 Å². The van der Waals surface area contributed by atoms with Gasteiger partial charge in [-0.05, 0) is 29.5 Å². The van der Waals surface area contributed by atoms with Gasteiger partial charge >= 0.3 is 12.1 Å². The maximum Gasteiger partial charge on any atom is 0.410 e. The monoisotopic (exact) mass is 769 g/mol. The van der Waals surface area contributed by atoms with Gasteiger partial charge in [-0.25, -0.2) is 22.7 Å². The number of benzene rings is 1. The Labute approximate surface area is 306 Å². The first-order chi connectivity index (χ1) is 24.9. The number of nitrogens with zero attached hydrogens (tertiary/aromatic N) is 5. The lowest BCUT2D eigenvalue weighted by atomic mass is 9.94. The van der Waals surface area contributed by atoms with Crippen LogP contribution in [0.4, 0.5) is 4.79 Å². The molecule has 19 nitrogen and oxygen atoms in total. The number of sulfone groups is 1. The number of likely N-dealkylation sites (tertiary alicyclic amines) is 1. The van der Waals surface area contributed by atoms with Crippen LogP contribution >= 0.6 is 0 Å². The molecule has 1 aromatic heterocycles. The average Bonchev–Trinajstić information content (AvgIpc) is 3.67. The molecule has 2 aliphatic rings. The number of amides is 3. The van der Waals surface area contributed by atoms with Gasteiger partial charge in [0.2, 0.25) is 18.1 Å². The van der Waals surface area contributed by atoms with Crippen LogP contribution in [0.15, 0.2) is 24.4 Å². The molecule has 0 radical (unpaired) electrons. The van der Waals surface area contributed by atoms with Crippen LogP contribution in [0.2, 0.25) is 0 Å². The van der Waals surface area contributed by atoms with E-state index >= 15 is 0 Å². The van der Waals surface area contributed by atoms with E-state index in [9.17, 15) is 48.0 Å². The van der Waals surface area contributed by atoms with E-state index in [4.69, 9.17) is 18.9 Å². The minimum Gasteiger partial charge on any atom is -0.479 e. The van der Waals surface area contributed by atoms with E-state index in [1.807, 2.05) is 27.7 Å². The van der Waals surface area contributed by atoms with Crippen LogP contribution in [0.3, 0.4) is 0 Å².